The molecule has 0 saturated heterocycles. The van der Waals surface area contributed by atoms with E-state index >= 15 is 0 Å². The van der Waals surface area contributed by atoms with Gasteiger partial charge in [0.25, 0.3) is 11.8 Å². The van der Waals surface area contributed by atoms with Crippen LogP contribution in [0.5, 0.6) is 11.5 Å². The number of benzene rings is 4. The van der Waals surface area contributed by atoms with Crippen LogP contribution in [0.15, 0.2) is 78.9 Å². The van der Waals surface area contributed by atoms with Gasteiger partial charge in [-0.05, 0) is 84.1 Å². The lowest BCUT2D eigenvalue weighted by atomic mass is 9.98. The molecule has 0 spiro atoms. The smallest absolute Gasteiger partial charge is 0.416 e. The maximum absolute atomic E-state index is 13.8. The Morgan fingerprint density at radius 2 is 1.56 bits per heavy atom. The molecule has 0 atom stereocenters. The highest BCUT2D eigenvalue weighted by atomic mass is 19.4. The van der Waals surface area contributed by atoms with E-state index in [1.165, 1.54) is 11.1 Å². The number of rotatable bonds is 9. The summed E-state index contributed by atoms with van der Waals surface area (Å²) in [7, 11) is 3.25. The molecule has 1 aliphatic heterocycles. The lowest BCUT2D eigenvalue weighted by molar-refractivity contribution is -0.137. The van der Waals surface area contributed by atoms with Crippen molar-refractivity contribution in [3.05, 3.63) is 112 Å². The number of primary amides is 1. The summed E-state index contributed by atoms with van der Waals surface area (Å²) in [5, 5.41) is 2.76. The summed E-state index contributed by atoms with van der Waals surface area (Å²) in [6, 6.07) is 20.6. The van der Waals surface area contributed by atoms with Crippen molar-refractivity contribution in [3.8, 4) is 22.8 Å². The Labute approximate surface area is 274 Å². The summed E-state index contributed by atoms with van der Waals surface area (Å²) in [6.45, 7) is 2.52. The van der Waals surface area contributed by atoms with Crippen molar-refractivity contribution in [2.45, 2.75) is 25.6 Å². The van der Waals surface area contributed by atoms with Crippen LogP contribution in [0.1, 0.15) is 43.1 Å². The van der Waals surface area contributed by atoms with E-state index in [2.05, 4.69) is 20.2 Å². The fourth-order valence-electron chi connectivity index (χ4n) is 5.85. The van der Waals surface area contributed by atoms with E-state index in [0.717, 1.165) is 62.0 Å². The number of halogens is 3. The Hall–Kier alpha value is -5.49. The average Bonchev–Trinajstić information content (AvgIpc) is 3.09. The van der Waals surface area contributed by atoms with E-state index in [1.807, 2.05) is 24.3 Å². The summed E-state index contributed by atoms with van der Waals surface area (Å²) in [5.41, 5.74) is 8.26. The van der Waals surface area contributed by atoms with E-state index in [-0.39, 0.29) is 22.5 Å². The Morgan fingerprint density at radius 1 is 0.896 bits per heavy atom. The van der Waals surface area contributed by atoms with Crippen molar-refractivity contribution in [1.29, 1.82) is 0 Å². The molecule has 0 saturated carbocycles. The van der Waals surface area contributed by atoms with Gasteiger partial charge in [-0.25, -0.2) is 9.97 Å². The van der Waals surface area contributed by atoms with Crippen LogP contribution in [0.4, 0.5) is 18.9 Å². The largest absolute Gasteiger partial charge is 0.493 e. The van der Waals surface area contributed by atoms with E-state index < -0.39 is 23.6 Å². The highest BCUT2D eigenvalue weighted by molar-refractivity contribution is 6.10. The molecule has 3 N–H and O–H groups in total. The van der Waals surface area contributed by atoms with Crippen LogP contribution in [-0.2, 0) is 25.6 Å². The average molecular weight is 656 g/mol. The molecular weight excluding hydrogens is 623 g/mol. The highest BCUT2D eigenvalue weighted by Gasteiger charge is 2.33. The number of anilines is 1. The van der Waals surface area contributed by atoms with Crippen molar-refractivity contribution in [1.82, 2.24) is 14.9 Å². The van der Waals surface area contributed by atoms with Crippen LogP contribution in [-0.4, -0.2) is 54.0 Å². The van der Waals surface area contributed by atoms with Gasteiger partial charge in [0.2, 0.25) is 0 Å². The number of fused-ring (bicyclic) bond motifs is 2. The maximum atomic E-state index is 13.8. The summed E-state index contributed by atoms with van der Waals surface area (Å²) in [4.78, 5) is 36.9. The molecule has 1 aromatic heterocycles. The fraction of sp³-hybridized carbons (Fsp3) is 0.222. The second-order valence-corrected chi connectivity index (χ2v) is 11.4. The van der Waals surface area contributed by atoms with Gasteiger partial charge in [-0.2, -0.15) is 13.2 Å². The molecular formula is C36H32F3N5O4. The number of alkyl halides is 3. The number of hydrogen-bond donors (Lipinski definition) is 2. The molecule has 0 bridgehead atoms. The standard InChI is InChI=1S/C36H32F3N5O4/c1-47-30-17-22-14-16-44(20-23(22)18-31(30)48-2)15-13-21-7-10-25(11-8-21)41-35(46)26-12-9-24(36(37,38)39)19-27(26)32-33(34(40)45)43-29-6-4-3-5-28(29)42-32/h3-12,17-19H,13-16,20H2,1-2H3,(H2,40,45)(H,41,46). The number of carbonyl (C=O) groups is 2. The van der Waals surface area contributed by atoms with E-state index in [4.69, 9.17) is 15.2 Å². The Morgan fingerprint density at radius 3 is 2.21 bits per heavy atom. The predicted molar refractivity (Wildman–Crippen MR) is 175 cm³/mol. The molecule has 0 unspecified atom stereocenters. The van der Waals surface area contributed by atoms with Gasteiger partial charge in [0.05, 0.1) is 30.8 Å². The normalized spacial score (nSPS) is 13.2. The third kappa shape index (κ3) is 6.79. The summed E-state index contributed by atoms with van der Waals surface area (Å²) in [6.07, 6.45) is -3.04. The van der Waals surface area contributed by atoms with Gasteiger partial charge in [0.15, 0.2) is 17.2 Å². The van der Waals surface area contributed by atoms with E-state index in [9.17, 15) is 22.8 Å². The molecule has 246 valence electrons. The number of ether oxygens (including phenoxy) is 2. The molecule has 9 nitrogen and oxygen atoms in total. The number of para-hydroxylation sites is 2. The van der Waals surface area contributed by atoms with Gasteiger partial charge in [0.1, 0.15) is 5.69 Å². The fourth-order valence-corrected chi connectivity index (χ4v) is 5.85. The minimum Gasteiger partial charge on any atom is -0.493 e. The number of hydrogen-bond acceptors (Lipinski definition) is 7. The topological polar surface area (TPSA) is 120 Å². The van der Waals surface area contributed by atoms with Crippen molar-refractivity contribution >= 4 is 28.5 Å². The van der Waals surface area contributed by atoms with Crippen LogP contribution in [0, 0.1) is 0 Å². The van der Waals surface area contributed by atoms with Crippen LogP contribution in [0.3, 0.4) is 0 Å². The van der Waals surface area contributed by atoms with Gasteiger partial charge < -0.3 is 20.5 Å². The summed E-state index contributed by atoms with van der Waals surface area (Å²) < 4.78 is 52.2. The number of aromatic nitrogens is 2. The summed E-state index contributed by atoms with van der Waals surface area (Å²) in [5.74, 6) is -0.242. The SMILES string of the molecule is COc1cc2c(cc1OC)CN(CCc1ccc(NC(=O)c3ccc(C(F)(F)F)cc3-c3nc4ccccc4nc3C(N)=O)cc1)CC2. The third-order valence-corrected chi connectivity index (χ3v) is 8.38. The molecule has 2 heterocycles. The van der Waals surface area contributed by atoms with Gasteiger partial charge in [-0.3, -0.25) is 14.5 Å². The number of nitrogens with two attached hydrogens (primary N) is 1. The number of nitrogens with zero attached hydrogens (tertiary/aromatic N) is 3. The zero-order valence-corrected chi connectivity index (χ0v) is 26.2. The van der Waals surface area contributed by atoms with Crippen molar-refractivity contribution in [2.24, 2.45) is 5.73 Å². The minimum atomic E-state index is -4.71. The monoisotopic (exact) mass is 655 g/mol. The lowest BCUT2D eigenvalue weighted by Gasteiger charge is -2.29. The number of carbonyl (C=O) groups excluding carboxylic acids is 2. The Bertz CT molecular complexity index is 2010. The van der Waals surface area contributed by atoms with E-state index in [0.29, 0.717) is 22.5 Å². The van der Waals surface area contributed by atoms with Crippen LogP contribution >= 0.6 is 0 Å². The maximum Gasteiger partial charge on any atom is 0.416 e. The van der Waals surface area contributed by atoms with Crippen molar-refractivity contribution < 1.29 is 32.2 Å². The van der Waals surface area contributed by atoms with Gasteiger partial charge in [-0.1, -0.05) is 24.3 Å². The molecule has 12 heteroatoms. The molecule has 5 aromatic rings. The first-order chi connectivity index (χ1) is 23.0. The summed E-state index contributed by atoms with van der Waals surface area (Å²) >= 11 is 0. The minimum absolute atomic E-state index is 0.126. The number of nitrogens with one attached hydrogen (secondary N) is 1. The molecule has 2 amide bonds. The first kappa shape index (κ1) is 32.5. The van der Waals surface area contributed by atoms with Gasteiger partial charge in [0, 0.05) is 36.4 Å². The molecule has 0 aliphatic carbocycles. The van der Waals surface area contributed by atoms with Crippen LogP contribution in [0.2, 0.25) is 0 Å². The van der Waals surface area contributed by atoms with Crippen molar-refractivity contribution in [3.63, 3.8) is 0 Å². The molecule has 6 rings (SSSR count). The second-order valence-electron chi connectivity index (χ2n) is 11.4. The first-order valence-corrected chi connectivity index (χ1v) is 15.2. The zero-order chi connectivity index (χ0) is 34.0. The third-order valence-electron chi connectivity index (χ3n) is 8.38. The van der Waals surface area contributed by atoms with Crippen LogP contribution < -0.4 is 20.5 Å². The Kier molecular flexibility index (Phi) is 9.01. The molecule has 0 fully saturated rings. The number of amides is 2. The molecule has 1 aliphatic rings. The molecule has 48 heavy (non-hydrogen) atoms. The van der Waals surface area contributed by atoms with Crippen LogP contribution in [0.25, 0.3) is 22.3 Å². The van der Waals surface area contributed by atoms with Crippen molar-refractivity contribution in [2.75, 3.05) is 32.6 Å². The highest BCUT2D eigenvalue weighted by Crippen LogP contribution is 2.36. The second kappa shape index (κ2) is 13.3. The quantitative estimate of drug-likeness (QED) is 0.192. The van der Waals surface area contributed by atoms with Gasteiger partial charge in [-0.15, -0.1) is 0 Å². The molecule has 0 radical (unpaired) electrons. The van der Waals surface area contributed by atoms with Gasteiger partial charge >= 0.3 is 6.18 Å². The van der Waals surface area contributed by atoms with E-state index in [1.54, 1.807) is 50.6 Å². The predicted octanol–water partition coefficient (Wildman–Crippen LogP) is 6.28. The zero-order valence-electron chi connectivity index (χ0n) is 26.2. The molecule has 4 aromatic carbocycles. The Balaban J connectivity index is 1.20. The first-order valence-electron chi connectivity index (χ1n) is 15.2. The number of methoxy groups -OCH3 is 2. The lowest BCUT2D eigenvalue weighted by Crippen LogP contribution is -2.32.